The molecule has 5 heteroatoms. The zero-order chi connectivity index (χ0) is 16.6. The van der Waals surface area contributed by atoms with Gasteiger partial charge in [-0.3, -0.25) is 0 Å². The highest BCUT2D eigenvalue weighted by atomic mass is 16.6. The first kappa shape index (κ1) is 20.5. The molecule has 0 aliphatic heterocycles. The number of allylic oxidation sites excluding steroid dienone is 1. The number of amides is 1. The molecule has 22 heavy (non-hydrogen) atoms. The maximum absolute atomic E-state index is 11.6. The lowest BCUT2D eigenvalue weighted by molar-refractivity contribution is -0.145. The van der Waals surface area contributed by atoms with E-state index in [9.17, 15) is 9.59 Å². The second-order valence-electron chi connectivity index (χ2n) is 5.31. The first-order valence-electron chi connectivity index (χ1n) is 8.32. The molecule has 0 aliphatic carbocycles. The number of carbonyl (C=O) groups is 2. The van der Waals surface area contributed by atoms with Crippen LogP contribution in [0.1, 0.15) is 65.2 Å². The lowest BCUT2D eigenvalue weighted by atomic mass is 10.1. The Labute approximate surface area is 134 Å². The minimum Gasteiger partial charge on any atom is -0.464 e. The van der Waals surface area contributed by atoms with Gasteiger partial charge in [-0.05, 0) is 33.1 Å². The molecule has 0 aromatic carbocycles. The molecule has 0 saturated carbocycles. The fourth-order valence-corrected chi connectivity index (χ4v) is 1.98. The Morgan fingerprint density at radius 3 is 2.23 bits per heavy atom. The van der Waals surface area contributed by atoms with Crippen molar-refractivity contribution in [2.45, 2.75) is 71.3 Å². The Morgan fingerprint density at radius 2 is 1.64 bits per heavy atom. The lowest BCUT2D eigenvalue weighted by Crippen LogP contribution is -2.39. The molecule has 0 spiro atoms. The van der Waals surface area contributed by atoms with Gasteiger partial charge in [0.25, 0.3) is 0 Å². The van der Waals surface area contributed by atoms with Gasteiger partial charge < -0.3 is 14.8 Å². The quantitative estimate of drug-likeness (QED) is 0.317. The van der Waals surface area contributed by atoms with E-state index in [1.165, 1.54) is 32.1 Å². The van der Waals surface area contributed by atoms with Crippen LogP contribution in [0.25, 0.3) is 0 Å². The zero-order valence-corrected chi connectivity index (χ0v) is 14.1. The van der Waals surface area contributed by atoms with E-state index in [0.717, 1.165) is 19.3 Å². The second-order valence-corrected chi connectivity index (χ2v) is 5.31. The molecule has 0 aromatic heterocycles. The Kier molecular flexibility index (Phi) is 13.4. The summed E-state index contributed by atoms with van der Waals surface area (Å²) in [6, 6.07) is -0.677. The van der Waals surface area contributed by atoms with Crippen LogP contribution in [0.3, 0.4) is 0 Å². The summed E-state index contributed by atoms with van der Waals surface area (Å²) in [5.41, 5.74) is 0. The van der Waals surface area contributed by atoms with Crippen LogP contribution in [0.15, 0.2) is 12.7 Å². The van der Waals surface area contributed by atoms with Gasteiger partial charge in [0.2, 0.25) is 0 Å². The topological polar surface area (TPSA) is 64.6 Å². The third kappa shape index (κ3) is 12.2. The van der Waals surface area contributed by atoms with Crippen molar-refractivity contribution >= 4 is 12.1 Å². The molecule has 0 rings (SSSR count). The van der Waals surface area contributed by atoms with Crippen LogP contribution < -0.4 is 5.32 Å². The van der Waals surface area contributed by atoms with Crippen LogP contribution in [0.2, 0.25) is 0 Å². The number of nitrogens with one attached hydrogen (secondary N) is 1. The van der Waals surface area contributed by atoms with Crippen LogP contribution in [-0.2, 0) is 14.3 Å². The average Bonchev–Trinajstić information content (AvgIpc) is 2.49. The monoisotopic (exact) mass is 313 g/mol. The van der Waals surface area contributed by atoms with Crippen molar-refractivity contribution in [3.63, 3.8) is 0 Å². The Balaban J connectivity index is 3.44. The normalized spacial score (nSPS) is 11.5. The Morgan fingerprint density at radius 1 is 1.05 bits per heavy atom. The summed E-state index contributed by atoms with van der Waals surface area (Å²) >= 11 is 0. The molecular weight excluding hydrogens is 282 g/mol. The molecule has 0 heterocycles. The molecule has 0 radical (unpaired) electrons. The standard InChI is InChI=1S/C17H31NO4/c1-4-6-7-8-9-10-11-12-13-14-22-16(19)15(3)18-17(20)21-5-2/h4,15H,1,5-14H2,2-3H3,(H,18,20). The minimum atomic E-state index is -0.677. The summed E-state index contributed by atoms with van der Waals surface area (Å²) in [7, 11) is 0. The largest absolute Gasteiger partial charge is 0.464 e. The van der Waals surface area contributed by atoms with Crippen LogP contribution in [0, 0.1) is 0 Å². The molecule has 0 saturated heterocycles. The fraction of sp³-hybridized carbons (Fsp3) is 0.765. The van der Waals surface area contributed by atoms with Crippen molar-refractivity contribution in [1.82, 2.24) is 5.32 Å². The van der Waals surface area contributed by atoms with Gasteiger partial charge in [0.1, 0.15) is 6.04 Å². The van der Waals surface area contributed by atoms with E-state index in [1.807, 2.05) is 6.08 Å². The Bertz CT molecular complexity index is 318. The van der Waals surface area contributed by atoms with Gasteiger partial charge in [-0.2, -0.15) is 0 Å². The highest BCUT2D eigenvalue weighted by Gasteiger charge is 2.17. The number of rotatable bonds is 13. The molecule has 5 nitrogen and oxygen atoms in total. The van der Waals surface area contributed by atoms with Crippen molar-refractivity contribution < 1.29 is 19.1 Å². The summed E-state index contributed by atoms with van der Waals surface area (Å²) in [6.45, 7) is 7.69. The molecule has 128 valence electrons. The maximum atomic E-state index is 11.6. The number of esters is 1. The summed E-state index contributed by atoms with van der Waals surface area (Å²) in [6.07, 6.45) is 10.6. The van der Waals surface area contributed by atoms with Crippen molar-refractivity contribution in [1.29, 1.82) is 0 Å². The van der Waals surface area contributed by atoms with Crippen molar-refractivity contribution in [2.75, 3.05) is 13.2 Å². The van der Waals surface area contributed by atoms with E-state index in [2.05, 4.69) is 11.9 Å². The number of hydrogen-bond acceptors (Lipinski definition) is 4. The summed E-state index contributed by atoms with van der Waals surface area (Å²) in [5, 5.41) is 2.42. The second kappa shape index (κ2) is 14.4. The molecule has 0 aliphatic rings. The summed E-state index contributed by atoms with van der Waals surface area (Å²) in [4.78, 5) is 22.8. The highest BCUT2D eigenvalue weighted by molar-refractivity contribution is 5.80. The van der Waals surface area contributed by atoms with Crippen molar-refractivity contribution in [3.8, 4) is 0 Å². The van der Waals surface area contributed by atoms with Crippen LogP contribution >= 0.6 is 0 Å². The van der Waals surface area contributed by atoms with Crippen molar-refractivity contribution in [2.24, 2.45) is 0 Å². The van der Waals surface area contributed by atoms with E-state index in [0.29, 0.717) is 6.61 Å². The third-order valence-electron chi connectivity index (χ3n) is 3.26. The smallest absolute Gasteiger partial charge is 0.407 e. The molecule has 1 unspecified atom stereocenters. The van der Waals surface area contributed by atoms with Crippen LogP contribution in [0.4, 0.5) is 4.79 Å². The van der Waals surface area contributed by atoms with Gasteiger partial charge in [0.05, 0.1) is 13.2 Å². The molecule has 1 atom stereocenters. The van der Waals surface area contributed by atoms with Gasteiger partial charge in [-0.25, -0.2) is 9.59 Å². The zero-order valence-electron chi connectivity index (χ0n) is 14.1. The first-order valence-corrected chi connectivity index (χ1v) is 8.32. The number of ether oxygens (including phenoxy) is 2. The molecule has 1 N–H and O–H groups in total. The highest BCUT2D eigenvalue weighted by Crippen LogP contribution is 2.08. The average molecular weight is 313 g/mol. The predicted octanol–water partition coefficient (Wildman–Crippen LogP) is 3.97. The Hall–Kier alpha value is -1.52. The number of hydrogen-bond donors (Lipinski definition) is 1. The van der Waals surface area contributed by atoms with Gasteiger partial charge in [-0.15, -0.1) is 6.58 Å². The summed E-state index contributed by atoms with van der Waals surface area (Å²) < 4.78 is 9.83. The molecule has 0 bridgehead atoms. The predicted molar refractivity (Wildman–Crippen MR) is 87.7 cm³/mol. The molecule has 0 aromatic rings. The van der Waals surface area contributed by atoms with Gasteiger partial charge >= 0.3 is 12.1 Å². The van der Waals surface area contributed by atoms with Gasteiger partial charge in [0.15, 0.2) is 0 Å². The van der Waals surface area contributed by atoms with E-state index < -0.39 is 18.1 Å². The van der Waals surface area contributed by atoms with Crippen molar-refractivity contribution in [3.05, 3.63) is 12.7 Å². The fourth-order valence-electron chi connectivity index (χ4n) is 1.98. The third-order valence-corrected chi connectivity index (χ3v) is 3.26. The van der Waals surface area contributed by atoms with Gasteiger partial charge in [0, 0.05) is 0 Å². The van der Waals surface area contributed by atoms with E-state index in [4.69, 9.17) is 9.47 Å². The number of unbranched alkanes of at least 4 members (excludes halogenated alkanes) is 7. The maximum Gasteiger partial charge on any atom is 0.407 e. The van der Waals surface area contributed by atoms with Crippen LogP contribution in [0.5, 0.6) is 0 Å². The van der Waals surface area contributed by atoms with Crippen LogP contribution in [-0.4, -0.2) is 31.3 Å². The minimum absolute atomic E-state index is 0.279. The molecule has 0 fully saturated rings. The van der Waals surface area contributed by atoms with E-state index in [-0.39, 0.29) is 6.61 Å². The van der Waals surface area contributed by atoms with E-state index >= 15 is 0 Å². The summed E-state index contributed by atoms with van der Waals surface area (Å²) in [5.74, 6) is -0.419. The van der Waals surface area contributed by atoms with E-state index in [1.54, 1.807) is 13.8 Å². The molecule has 1 amide bonds. The van der Waals surface area contributed by atoms with Gasteiger partial charge in [-0.1, -0.05) is 38.2 Å². The first-order chi connectivity index (χ1) is 10.6. The SMILES string of the molecule is C=CCCCCCCCCCOC(=O)C(C)NC(=O)OCC. The number of carbonyl (C=O) groups excluding carboxylic acids is 2. The molecular formula is C17H31NO4. The number of alkyl carbamates (subject to hydrolysis) is 1. The lowest BCUT2D eigenvalue weighted by Gasteiger charge is -2.13.